The molecule has 0 aliphatic heterocycles. The van der Waals surface area contributed by atoms with E-state index in [0.29, 0.717) is 10.8 Å². The van der Waals surface area contributed by atoms with E-state index in [0.717, 1.165) is 37.4 Å². The Hall–Kier alpha value is -0.710. The minimum absolute atomic E-state index is 0.0697. The highest BCUT2D eigenvalue weighted by atomic mass is 35.5. The quantitative estimate of drug-likeness (QED) is 0.651. The van der Waals surface area contributed by atoms with Crippen LogP contribution in [0, 0.1) is 0 Å². The van der Waals surface area contributed by atoms with E-state index in [1.54, 1.807) is 0 Å². The molecule has 0 aliphatic rings. The second-order valence-electron chi connectivity index (χ2n) is 5.36. The van der Waals surface area contributed by atoms with Crippen LogP contribution in [-0.4, -0.2) is 42.2 Å². The summed E-state index contributed by atoms with van der Waals surface area (Å²) >= 11 is 7.56. The van der Waals surface area contributed by atoms with E-state index in [2.05, 4.69) is 31.0 Å². The first-order chi connectivity index (χ1) is 10.6. The molecule has 22 heavy (non-hydrogen) atoms. The van der Waals surface area contributed by atoms with Crippen molar-refractivity contribution in [3.63, 3.8) is 0 Å². The first-order valence-corrected chi connectivity index (χ1v) is 9.32. The van der Waals surface area contributed by atoms with Crippen LogP contribution in [0.5, 0.6) is 0 Å². The van der Waals surface area contributed by atoms with Gasteiger partial charge >= 0.3 is 0 Å². The number of amides is 1. The molecule has 0 saturated heterocycles. The maximum absolute atomic E-state index is 12.0. The highest BCUT2D eigenvalue weighted by Crippen LogP contribution is 2.26. The molecule has 1 amide bonds. The Morgan fingerprint density at radius 1 is 1.32 bits per heavy atom. The Morgan fingerprint density at radius 3 is 2.64 bits per heavy atom. The van der Waals surface area contributed by atoms with Gasteiger partial charge in [-0.1, -0.05) is 37.6 Å². The largest absolute Gasteiger partial charge is 0.353 e. The average molecular weight is 343 g/mol. The van der Waals surface area contributed by atoms with Crippen molar-refractivity contribution in [3.05, 3.63) is 29.3 Å². The molecule has 0 radical (unpaired) electrons. The predicted molar refractivity (Wildman–Crippen MR) is 96.8 cm³/mol. The first kappa shape index (κ1) is 19.3. The standard InChI is InChI=1S/C17H27ClN2OS/c1-4-20(5-2)12-8-9-14(3)19-17(21)13-22-16-11-7-6-10-15(16)18/h6-7,10-11,14H,4-5,8-9,12-13H2,1-3H3,(H,19,21)/t14-/m1/s1. The van der Waals surface area contributed by atoms with Gasteiger partial charge in [0.2, 0.25) is 5.91 Å². The van der Waals surface area contributed by atoms with E-state index in [4.69, 9.17) is 11.6 Å². The molecule has 0 aromatic heterocycles. The summed E-state index contributed by atoms with van der Waals surface area (Å²) in [4.78, 5) is 15.3. The van der Waals surface area contributed by atoms with Crippen molar-refractivity contribution in [2.45, 2.75) is 44.6 Å². The van der Waals surface area contributed by atoms with Gasteiger partial charge in [-0.15, -0.1) is 11.8 Å². The SMILES string of the molecule is CCN(CC)CCC[C@@H](C)NC(=O)CSc1ccccc1Cl. The van der Waals surface area contributed by atoms with Gasteiger partial charge in [0.25, 0.3) is 0 Å². The maximum atomic E-state index is 12.0. The summed E-state index contributed by atoms with van der Waals surface area (Å²) in [6, 6.07) is 7.83. The van der Waals surface area contributed by atoms with E-state index >= 15 is 0 Å². The van der Waals surface area contributed by atoms with Gasteiger partial charge in [-0.05, 0) is 51.5 Å². The summed E-state index contributed by atoms with van der Waals surface area (Å²) in [5, 5.41) is 3.76. The van der Waals surface area contributed by atoms with Crippen LogP contribution in [-0.2, 0) is 4.79 Å². The van der Waals surface area contributed by atoms with Gasteiger partial charge in [0, 0.05) is 10.9 Å². The monoisotopic (exact) mass is 342 g/mol. The Labute approximate surface area is 143 Å². The van der Waals surface area contributed by atoms with Crippen LogP contribution in [0.4, 0.5) is 0 Å². The molecule has 1 N–H and O–H groups in total. The molecular weight excluding hydrogens is 316 g/mol. The van der Waals surface area contributed by atoms with Crippen LogP contribution in [0.25, 0.3) is 0 Å². The third kappa shape index (κ3) is 7.52. The summed E-state index contributed by atoms with van der Waals surface area (Å²) in [7, 11) is 0. The number of hydrogen-bond acceptors (Lipinski definition) is 3. The summed E-state index contributed by atoms with van der Waals surface area (Å²) < 4.78 is 0. The highest BCUT2D eigenvalue weighted by Gasteiger charge is 2.09. The molecule has 1 rings (SSSR count). The molecule has 0 fully saturated rings. The molecule has 1 atom stereocenters. The summed E-state index contributed by atoms with van der Waals surface area (Å²) in [6.45, 7) is 9.71. The fourth-order valence-corrected chi connectivity index (χ4v) is 3.30. The van der Waals surface area contributed by atoms with Gasteiger partial charge in [-0.3, -0.25) is 4.79 Å². The lowest BCUT2D eigenvalue weighted by molar-refractivity contribution is -0.119. The van der Waals surface area contributed by atoms with E-state index in [1.807, 2.05) is 24.3 Å². The number of hydrogen-bond donors (Lipinski definition) is 1. The van der Waals surface area contributed by atoms with E-state index in [1.165, 1.54) is 11.8 Å². The molecular formula is C17H27ClN2OS. The lowest BCUT2D eigenvalue weighted by Crippen LogP contribution is -2.34. The van der Waals surface area contributed by atoms with Crippen LogP contribution in [0.3, 0.4) is 0 Å². The normalized spacial score (nSPS) is 12.4. The molecule has 5 heteroatoms. The van der Waals surface area contributed by atoms with Crippen LogP contribution < -0.4 is 5.32 Å². The molecule has 0 bridgehead atoms. The summed E-state index contributed by atoms with van der Waals surface area (Å²) in [6.07, 6.45) is 2.12. The van der Waals surface area contributed by atoms with E-state index in [9.17, 15) is 4.79 Å². The molecule has 0 saturated carbocycles. The predicted octanol–water partition coefficient (Wildman–Crippen LogP) is 4.06. The minimum Gasteiger partial charge on any atom is -0.353 e. The van der Waals surface area contributed by atoms with E-state index in [-0.39, 0.29) is 11.9 Å². The van der Waals surface area contributed by atoms with E-state index < -0.39 is 0 Å². The number of nitrogens with one attached hydrogen (secondary N) is 1. The van der Waals surface area contributed by atoms with Gasteiger partial charge in [-0.25, -0.2) is 0 Å². The Morgan fingerprint density at radius 2 is 2.00 bits per heavy atom. The first-order valence-electron chi connectivity index (χ1n) is 7.95. The highest BCUT2D eigenvalue weighted by molar-refractivity contribution is 8.00. The van der Waals surface area contributed by atoms with Gasteiger partial charge in [-0.2, -0.15) is 0 Å². The molecule has 1 aromatic carbocycles. The minimum atomic E-state index is 0.0697. The second-order valence-corrected chi connectivity index (χ2v) is 6.78. The molecule has 0 spiro atoms. The van der Waals surface area contributed by atoms with Crippen molar-refractivity contribution >= 4 is 29.3 Å². The zero-order chi connectivity index (χ0) is 16.4. The van der Waals surface area contributed by atoms with Gasteiger partial charge < -0.3 is 10.2 Å². The number of halogens is 1. The van der Waals surface area contributed by atoms with Crippen molar-refractivity contribution in [1.82, 2.24) is 10.2 Å². The number of nitrogens with zero attached hydrogens (tertiary/aromatic N) is 1. The van der Waals surface area contributed by atoms with Crippen molar-refractivity contribution in [3.8, 4) is 0 Å². The summed E-state index contributed by atoms with van der Waals surface area (Å²) in [5.74, 6) is 0.477. The lowest BCUT2D eigenvalue weighted by Gasteiger charge is -2.19. The Bertz CT molecular complexity index is 452. The van der Waals surface area contributed by atoms with Gasteiger partial charge in [0.05, 0.1) is 10.8 Å². The van der Waals surface area contributed by atoms with Crippen LogP contribution in [0.15, 0.2) is 29.2 Å². The van der Waals surface area contributed by atoms with Crippen LogP contribution in [0.1, 0.15) is 33.6 Å². The number of thioether (sulfide) groups is 1. The smallest absolute Gasteiger partial charge is 0.230 e. The topological polar surface area (TPSA) is 32.3 Å². The number of carbonyl (C=O) groups is 1. The number of carbonyl (C=O) groups excluding carboxylic acids is 1. The van der Waals surface area contributed by atoms with Crippen molar-refractivity contribution in [1.29, 1.82) is 0 Å². The molecule has 1 aromatic rings. The number of benzene rings is 1. The molecule has 3 nitrogen and oxygen atoms in total. The van der Waals surface area contributed by atoms with Gasteiger partial charge in [0.15, 0.2) is 0 Å². The third-order valence-electron chi connectivity index (χ3n) is 3.61. The van der Waals surface area contributed by atoms with Gasteiger partial charge in [0.1, 0.15) is 0 Å². The van der Waals surface area contributed by atoms with Crippen molar-refractivity contribution < 1.29 is 4.79 Å². The zero-order valence-electron chi connectivity index (χ0n) is 13.8. The maximum Gasteiger partial charge on any atom is 0.230 e. The number of rotatable bonds is 10. The Kier molecular flexibility index (Phi) is 9.60. The van der Waals surface area contributed by atoms with Crippen LogP contribution in [0.2, 0.25) is 5.02 Å². The molecule has 0 heterocycles. The van der Waals surface area contributed by atoms with Crippen LogP contribution >= 0.6 is 23.4 Å². The third-order valence-corrected chi connectivity index (χ3v) is 5.12. The average Bonchev–Trinajstić information content (AvgIpc) is 2.51. The molecule has 0 aliphatic carbocycles. The fourth-order valence-electron chi connectivity index (χ4n) is 2.25. The van der Waals surface area contributed by atoms with Crippen molar-refractivity contribution in [2.24, 2.45) is 0 Å². The zero-order valence-corrected chi connectivity index (χ0v) is 15.3. The molecule has 0 unspecified atom stereocenters. The summed E-state index contributed by atoms with van der Waals surface area (Å²) in [5.41, 5.74) is 0. The van der Waals surface area contributed by atoms with Crippen molar-refractivity contribution in [2.75, 3.05) is 25.4 Å². The Balaban J connectivity index is 2.22. The lowest BCUT2D eigenvalue weighted by atomic mass is 10.2. The molecule has 124 valence electrons. The fraction of sp³-hybridized carbons (Fsp3) is 0.588. The second kappa shape index (κ2) is 10.9.